The molecule has 0 radical (unpaired) electrons. The first-order valence-electron chi connectivity index (χ1n) is 8.64. The molecule has 1 aliphatic heterocycles. The van der Waals surface area contributed by atoms with Crippen LogP contribution in [0.5, 0.6) is 0 Å². The zero-order valence-corrected chi connectivity index (χ0v) is 14.0. The molecule has 0 aliphatic carbocycles. The van der Waals surface area contributed by atoms with Gasteiger partial charge in [-0.1, -0.05) is 32.6 Å². The second kappa shape index (κ2) is 9.14. The summed E-state index contributed by atoms with van der Waals surface area (Å²) in [6.07, 6.45) is 8.25. The summed E-state index contributed by atoms with van der Waals surface area (Å²) in [5.74, 6) is 1.00. The van der Waals surface area contributed by atoms with Crippen molar-refractivity contribution in [2.45, 2.75) is 45.4 Å². The van der Waals surface area contributed by atoms with Crippen molar-refractivity contribution in [3.05, 3.63) is 23.9 Å². The van der Waals surface area contributed by atoms with Crippen molar-refractivity contribution in [1.82, 2.24) is 9.88 Å². The number of nitrogens with zero attached hydrogens (tertiary/aromatic N) is 4. The molecule has 0 saturated carbocycles. The van der Waals surface area contributed by atoms with Crippen molar-refractivity contribution in [3.8, 4) is 6.07 Å². The van der Waals surface area contributed by atoms with Gasteiger partial charge in [-0.15, -0.1) is 0 Å². The highest BCUT2D eigenvalue weighted by molar-refractivity contribution is 5.76. The molecule has 0 N–H and O–H groups in total. The molecular formula is C18H26N4O. The van der Waals surface area contributed by atoms with Crippen molar-refractivity contribution >= 4 is 11.7 Å². The Morgan fingerprint density at radius 1 is 1.22 bits per heavy atom. The Hall–Kier alpha value is -2.09. The van der Waals surface area contributed by atoms with E-state index in [0.717, 1.165) is 44.8 Å². The van der Waals surface area contributed by atoms with E-state index < -0.39 is 0 Å². The van der Waals surface area contributed by atoms with Crippen molar-refractivity contribution in [2.24, 2.45) is 0 Å². The summed E-state index contributed by atoms with van der Waals surface area (Å²) in [4.78, 5) is 20.6. The Bertz CT molecular complexity index is 544. The third-order valence-electron chi connectivity index (χ3n) is 4.33. The third kappa shape index (κ3) is 4.95. The molecule has 0 spiro atoms. The fourth-order valence-corrected chi connectivity index (χ4v) is 2.94. The van der Waals surface area contributed by atoms with E-state index in [1.807, 2.05) is 4.90 Å². The highest BCUT2D eigenvalue weighted by atomic mass is 16.2. The number of anilines is 1. The summed E-state index contributed by atoms with van der Waals surface area (Å²) in [7, 11) is 0. The number of piperazine rings is 1. The Balaban J connectivity index is 1.77. The number of pyridine rings is 1. The van der Waals surface area contributed by atoms with Crippen LogP contribution in [0, 0.1) is 11.3 Å². The normalized spacial score (nSPS) is 14.6. The molecule has 1 aliphatic rings. The lowest BCUT2D eigenvalue weighted by Crippen LogP contribution is -2.49. The smallest absolute Gasteiger partial charge is 0.222 e. The molecule has 0 unspecified atom stereocenters. The summed E-state index contributed by atoms with van der Waals surface area (Å²) in [5.41, 5.74) is 0.600. The second-order valence-corrected chi connectivity index (χ2v) is 6.02. The fraction of sp³-hybridized carbons (Fsp3) is 0.611. The standard InChI is InChI=1S/C18H26N4O/c1-2-3-4-5-6-9-17(23)21-11-13-22(14-12-21)18-16(15-19)8-7-10-20-18/h7-8,10H,2-6,9,11-14H2,1H3. The van der Waals surface area contributed by atoms with Crippen LogP contribution in [0.25, 0.3) is 0 Å². The molecular weight excluding hydrogens is 288 g/mol. The Kier molecular flexibility index (Phi) is 6.86. The summed E-state index contributed by atoms with van der Waals surface area (Å²) in [6.45, 7) is 5.12. The molecule has 0 atom stereocenters. The van der Waals surface area contributed by atoms with Gasteiger partial charge in [-0.2, -0.15) is 5.26 Å². The van der Waals surface area contributed by atoms with Gasteiger partial charge in [0, 0.05) is 38.8 Å². The average molecular weight is 314 g/mol. The van der Waals surface area contributed by atoms with Crippen LogP contribution in [0.1, 0.15) is 51.0 Å². The topological polar surface area (TPSA) is 60.2 Å². The Labute approximate surface area is 138 Å². The zero-order chi connectivity index (χ0) is 16.5. The lowest BCUT2D eigenvalue weighted by atomic mass is 10.1. The zero-order valence-electron chi connectivity index (χ0n) is 14.0. The van der Waals surface area contributed by atoms with Crippen molar-refractivity contribution < 1.29 is 4.79 Å². The molecule has 23 heavy (non-hydrogen) atoms. The van der Waals surface area contributed by atoms with E-state index in [9.17, 15) is 4.79 Å². The lowest BCUT2D eigenvalue weighted by Gasteiger charge is -2.35. The molecule has 2 rings (SSSR count). The van der Waals surface area contributed by atoms with E-state index in [1.54, 1.807) is 18.3 Å². The van der Waals surface area contributed by atoms with Crippen LogP contribution in [0.15, 0.2) is 18.3 Å². The van der Waals surface area contributed by atoms with E-state index in [2.05, 4.69) is 22.9 Å². The summed E-state index contributed by atoms with van der Waals surface area (Å²) in [5, 5.41) is 9.17. The largest absolute Gasteiger partial charge is 0.352 e. The Morgan fingerprint density at radius 3 is 2.65 bits per heavy atom. The quantitative estimate of drug-likeness (QED) is 0.726. The minimum absolute atomic E-state index is 0.266. The maximum absolute atomic E-state index is 12.2. The average Bonchev–Trinajstić information content (AvgIpc) is 2.61. The number of carbonyl (C=O) groups excluding carboxylic acids is 1. The molecule has 5 heteroatoms. The van der Waals surface area contributed by atoms with Crippen LogP contribution in [0.2, 0.25) is 0 Å². The van der Waals surface area contributed by atoms with Gasteiger partial charge in [0.15, 0.2) is 0 Å². The second-order valence-electron chi connectivity index (χ2n) is 6.02. The molecule has 0 bridgehead atoms. The van der Waals surface area contributed by atoms with Gasteiger partial charge in [-0.05, 0) is 18.6 Å². The van der Waals surface area contributed by atoms with Crippen LogP contribution >= 0.6 is 0 Å². The number of hydrogen-bond donors (Lipinski definition) is 0. The molecule has 1 saturated heterocycles. The number of amides is 1. The molecule has 1 fully saturated rings. The molecule has 2 heterocycles. The Morgan fingerprint density at radius 2 is 1.96 bits per heavy atom. The van der Waals surface area contributed by atoms with Crippen molar-refractivity contribution in [3.63, 3.8) is 0 Å². The van der Waals surface area contributed by atoms with Gasteiger partial charge in [-0.25, -0.2) is 4.98 Å². The summed E-state index contributed by atoms with van der Waals surface area (Å²) in [6, 6.07) is 5.75. The maximum Gasteiger partial charge on any atom is 0.222 e. The lowest BCUT2D eigenvalue weighted by molar-refractivity contribution is -0.131. The maximum atomic E-state index is 12.2. The van der Waals surface area contributed by atoms with Gasteiger partial charge < -0.3 is 9.80 Å². The highest BCUT2D eigenvalue weighted by Crippen LogP contribution is 2.18. The van der Waals surface area contributed by atoms with Gasteiger partial charge in [0.2, 0.25) is 5.91 Å². The van der Waals surface area contributed by atoms with Crippen molar-refractivity contribution in [2.75, 3.05) is 31.1 Å². The first kappa shape index (κ1) is 17.3. The highest BCUT2D eigenvalue weighted by Gasteiger charge is 2.22. The SMILES string of the molecule is CCCCCCCC(=O)N1CCN(c2ncccc2C#N)CC1. The van der Waals surface area contributed by atoms with Gasteiger partial charge in [0.1, 0.15) is 11.9 Å². The van der Waals surface area contributed by atoms with Gasteiger partial charge >= 0.3 is 0 Å². The first-order valence-corrected chi connectivity index (χ1v) is 8.64. The summed E-state index contributed by atoms with van der Waals surface area (Å²) < 4.78 is 0. The molecule has 5 nitrogen and oxygen atoms in total. The predicted octanol–water partition coefficient (Wildman–Crippen LogP) is 2.96. The van der Waals surface area contributed by atoms with Crippen LogP contribution in [0.3, 0.4) is 0 Å². The third-order valence-corrected chi connectivity index (χ3v) is 4.33. The number of aromatic nitrogens is 1. The minimum atomic E-state index is 0.266. The van der Waals surface area contributed by atoms with Gasteiger partial charge in [0.25, 0.3) is 0 Å². The van der Waals surface area contributed by atoms with Crippen LogP contribution < -0.4 is 4.90 Å². The van der Waals surface area contributed by atoms with Gasteiger partial charge in [-0.3, -0.25) is 4.79 Å². The minimum Gasteiger partial charge on any atom is -0.352 e. The van der Waals surface area contributed by atoms with Crippen molar-refractivity contribution in [1.29, 1.82) is 5.26 Å². The van der Waals surface area contributed by atoms with Crippen LogP contribution in [0.4, 0.5) is 5.82 Å². The molecule has 124 valence electrons. The van der Waals surface area contributed by atoms with E-state index in [-0.39, 0.29) is 5.91 Å². The number of carbonyl (C=O) groups is 1. The van der Waals surface area contributed by atoms with E-state index >= 15 is 0 Å². The fourth-order valence-electron chi connectivity index (χ4n) is 2.94. The number of rotatable bonds is 7. The van der Waals surface area contributed by atoms with Crippen LogP contribution in [-0.4, -0.2) is 42.0 Å². The van der Waals surface area contributed by atoms with E-state index in [1.165, 1.54) is 19.3 Å². The molecule has 0 aromatic carbocycles. The predicted molar refractivity (Wildman–Crippen MR) is 91.1 cm³/mol. The number of nitriles is 1. The summed E-state index contributed by atoms with van der Waals surface area (Å²) >= 11 is 0. The van der Waals surface area contributed by atoms with E-state index in [4.69, 9.17) is 5.26 Å². The van der Waals surface area contributed by atoms with Crippen LogP contribution in [-0.2, 0) is 4.79 Å². The number of unbranched alkanes of at least 4 members (excludes halogenated alkanes) is 4. The first-order chi connectivity index (χ1) is 11.3. The molecule has 1 amide bonds. The van der Waals surface area contributed by atoms with Gasteiger partial charge in [0.05, 0.1) is 5.56 Å². The van der Waals surface area contributed by atoms with E-state index in [0.29, 0.717) is 12.0 Å². The monoisotopic (exact) mass is 314 g/mol. The molecule has 1 aromatic rings. The number of hydrogen-bond acceptors (Lipinski definition) is 4. The molecule has 1 aromatic heterocycles.